The standard InChI is InChI=1S/C17H26N2O2/c1-3-21-15-7-4-14(5-8-15)6-9-17(20)19-16-12-18-11-10-13(16)2/h4-5,7-8,13,16,18H,3,6,9-12H2,1-2H3,(H,19,20). The van der Waals surface area contributed by atoms with E-state index in [2.05, 4.69) is 17.6 Å². The molecular formula is C17H26N2O2. The number of nitrogens with one attached hydrogen (secondary N) is 2. The third-order valence-electron chi connectivity index (χ3n) is 4.05. The van der Waals surface area contributed by atoms with Crippen molar-refractivity contribution >= 4 is 5.91 Å². The Morgan fingerprint density at radius 1 is 1.38 bits per heavy atom. The number of benzene rings is 1. The number of carbonyl (C=O) groups is 1. The molecule has 0 saturated carbocycles. The Bertz CT molecular complexity index is 445. The fourth-order valence-electron chi connectivity index (χ4n) is 2.64. The fourth-order valence-corrected chi connectivity index (χ4v) is 2.64. The number of hydrogen-bond acceptors (Lipinski definition) is 3. The van der Waals surface area contributed by atoms with Crippen molar-refractivity contribution < 1.29 is 9.53 Å². The van der Waals surface area contributed by atoms with Crippen molar-refractivity contribution in [1.82, 2.24) is 10.6 Å². The summed E-state index contributed by atoms with van der Waals surface area (Å²) in [6.45, 7) is 6.79. The van der Waals surface area contributed by atoms with Gasteiger partial charge in [0, 0.05) is 19.0 Å². The van der Waals surface area contributed by atoms with Crippen LogP contribution >= 0.6 is 0 Å². The van der Waals surface area contributed by atoms with Crippen LogP contribution in [0.1, 0.15) is 32.3 Å². The zero-order chi connectivity index (χ0) is 15.1. The summed E-state index contributed by atoms with van der Waals surface area (Å²) in [6, 6.07) is 8.26. The highest BCUT2D eigenvalue weighted by Crippen LogP contribution is 2.14. The first-order valence-corrected chi connectivity index (χ1v) is 7.91. The zero-order valence-electron chi connectivity index (χ0n) is 13.0. The summed E-state index contributed by atoms with van der Waals surface area (Å²) in [5.41, 5.74) is 1.17. The highest BCUT2D eigenvalue weighted by Gasteiger charge is 2.22. The Balaban J connectivity index is 1.75. The molecule has 1 fully saturated rings. The maximum atomic E-state index is 12.0. The molecule has 0 radical (unpaired) electrons. The van der Waals surface area contributed by atoms with Crippen molar-refractivity contribution in [1.29, 1.82) is 0 Å². The van der Waals surface area contributed by atoms with Gasteiger partial charge in [0.2, 0.25) is 5.91 Å². The molecule has 1 heterocycles. The number of ether oxygens (including phenoxy) is 1. The molecule has 0 aliphatic carbocycles. The van der Waals surface area contributed by atoms with E-state index in [1.165, 1.54) is 5.56 Å². The molecular weight excluding hydrogens is 264 g/mol. The van der Waals surface area contributed by atoms with E-state index in [9.17, 15) is 4.79 Å². The first-order chi connectivity index (χ1) is 10.2. The van der Waals surface area contributed by atoms with Gasteiger partial charge in [0.1, 0.15) is 5.75 Å². The number of hydrogen-bond donors (Lipinski definition) is 2. The second kappa shape index (κ2) is 8.03. The molecule has 0 aromatic heterocycles. The maximum Gasteiger partial charge on any atom is 0.220 e. The second-order valence-electron chi connectivity index (χ2n) is 5.72. The molecule has 2 N–H and O–H groups in total. The van der Waals surface area contributed by atoms with E-state index >= 15 is 0 Å². The fraction of sp³-hybridized carbons (Fsp3) is 0.588. The van der Waals surface area contributed by atoms with E-state index in [1.54, 1.807) is 0 Å². The van der Waals surface area contributed by atoms with Crippen LogP contribution in [0.15, 0.2) is 24.3 Å². The molecule has 1 amide bonds. The van der Waals surface area contributed by atoms with E-state index in [0.717, 1.165) is 31.7 Å². The number of carbonyl (C=O) groups excluding carboxylic acids is 1. The normalized spacial score (nSPS) is 21.8. The molecule has 1 aliphatic heterocycles. The van der Waals surface area contributed by atoms with Crippen molar-refractivity contribution in [2.24, 2.45) is 5.92 Å². The maximum absolute atomic E-state index is 12.0. The highest BCUT2D eigenvalue weighted by molar-refractivity contribution is 5.76. The SMILES string of the molecule is CCOc1ccc(CCC(=O)NC2CNCCC2C)cc1. The monoisotopic (exact) mass is 290 g/mol. The van der Waals surface area contributed by atoms with Crippen LogP contribution in [0.25, 0.3) is 0 Å². The summed E-state index contributed by atoms with van der Waals surface area (Å²) in [7, 11) is 0. The Kier molecular flexibility index (Phi) is 6.05. The molecule has 0 bridgehead atoms. The van der Waals surface area contributed by atoms with E-state index < -0.39 is 0 Å². The van der Waals surface area contributed by atoms with Gasteiger partial charge in [-0.2, -0.15) is 0 Å². The van der Waals surface area contributed by atoms with Crippen molar-refractivity contribution in [3.63, 3.8) is 0 Å². The molecule has 116 valence electrons. The van der Waals surface area contributed by atoms with E-state index in [1.807, 2.05) is 31.2 Å². The minimum Gasteiger partial charge on any atom is -0.494 e. The van der Waals surface area contributed by atoms with E-state index in [0.29, 0.717) is 18.9 Å². The molecule has 0 spiro atoms. The molecule has 1 aromatic carbocycles. The number of rotatable bonds is 6. The quantitative estimate of drug-likeness (QED) is 0.844. The number of piperidine rings is 1. The Hall–Kier alpha value is -1.55. The largest absolute Gasteiger partial charge is 0.494 e. The number of aryl methyl sites for hydroxylation is 1. The van der Waals surface area contributed by atoms with Gasteiger partial charge in [-0.15, -0.1) is 0 Å². The lowest BCUT2D eigenvalue weighted by Crippen LogP contribution is -2.50. The molecule has 4 heteroatoms. The van der Waals surface area contributed by atoms with Crippen LogP contribution in [0, 0.1) is 5.92 Å². The lowest BCUT2D eigenvalue weighted by atomic mass is 9.94. The zero-order valence-corrected chi connectivity index (χ0v) is 13.0. The van der Waals surface area contributed by atoms with Crippen LogP contribution in [-0.2, 0) is 11.2 Å². The van der Waals surface area contributed by atoms with Gasteiger partial charge in [-0.1, -0.05) is 19.1 Å². The Morgan fingerprint density at radius 2 is 2.14 bits per heavy atom. The average Bonchev–Trinajstić information content (AvgIpc) is 2.49. The van der Waals surface area contributed by atoms with Gasteiger partial charge in [0.05, 0.1) is 6.61 Å². The minimum atomic E-state index is 0.143. The van der Waals surface area contributed by atoms with Gasteiger partial charge in [0.25, 0.3) is 0 Å². The van der Waals surface area contributed by atoms with Gasteiger partial charge in [-0.05, 0) is 49.9 Å². The first-order valence-electron chi connectivity index (χ1n) is 7.91. The summed E-state index contributed by atoms with van der Waals surface area (Å²) in [6.07, 6.45) is 2.44. The van der Waals surface area contributed by atoms with Crippen LogP contribution in [0.2, 0.25) is 0 Å². The highest BCUT2D eigenvalue weighted by atomic mass is 16.5. The lowest BCUT2D eigenvalue weighted by molar-refractivity contribution is -0.122. The Labute approximate surface area is 127 Å². The van der Waals surface area contributed by atoms with Crippen LogP contribution in [0.4, 0.5) is 0 Å². The third kappa shape index (κ3) is 5.05. The third-order valence-corrected chi connectivity index (χ3v) is 4.05. The van der Waals surface area contributed by atoms with Gasteiger partial charge in [-0.25, -0.2) is 0 Å². The van der Waals surface area contributed by atoms with Crippen molar-refractivity contribution in [2.45, 2.75) is 39.2 Å². The van der Waals surface area contributed by atoms with Crippen molar-refractivity contribution in [3.05, 3.63) is 29.8 Å². The molecule has 4 nitrogen and oxygen atoms in total. The number of amides is 1. The predicted molar refractivity (Wildman–Crippen MR) is 84.5 cm³/mol. The van der Waals surface area contributed by atoms with Gasteiger partial charge >= 0.3 is 0 Å². The average molecular weight is 290 g/mol. The van der Waals surface area contributed by atoms with Crippen LogP contribution < -0.4 is 15.4 Å². The molecule has 2 atom stereocenters. The second-order valence-corrected chi connectivity index (χ2v) is 5.72. The van der Waals surface area contributed by atoms with Gasteiger partial charge in [0.15, 0.2) is 0 Å². The molecule has 21 heavy (non-hydrogen) atoms. The lowest BCUT2D eigenvalue weighted by Gasteiger charge is -2.30. The van der Waals surface area contributed by atoms with Crippen molar-refractivity contribution in [2.75, 3.05) is 19.7 Å². The molecule has 1 aromatic rings. The topological polar surface area (TPSA) is 50.4 Å². The van der Waals surface area contributed by atoms with Crippen LogP contribution in [0.3, 0.4) is 0 Å². The van der Waals surface area contributed by atoms with E-state index in [-0.39, 0.29) is 11.9 Å². The summed E-state index contributed by atoms with van der Waals surface area (Å²) >= 11 is 0. The van der Waals surface area contributed by atoms with E-state index in [4.69, 9.17) is 4.74 Å². The molecule has 1 saturated heterocycles. The smallest absolute Gasteiger partial charge is 0.220 e. The summed E-state index contributed by atoms with van der Waals surface area (Å²) in [5, 5.41) is 6.48. The first kappa shape index (κ1) is 15.8. The van der Waals surface area contributed by atoms with Gasteiger partial charge < -0.3 is 15.4 Å². The summed E-state index contributed by atoms with van der Waals surface area (Å²) in [5.74, 6) is 1.58. The van der Waals surface area contributed by atoms with Crippen LogP contribution in [0.5, 0.6) is 5.75 Å². The van der Waals surface area contributed by atoms with Gasteiger partial charge in [-0.3, -0.25) is 4.79 Å². The minimum absolute atomic E-state index is 0.143. The summed E-state index contributed by atoms with van der Waals surface area (Å²) < 4.78 is 5.41. The molecule has 2 unspecified atom stereocenters. The Morgan fingerprint density at radius 3 is 2.81 bits per heavy atom. The van der Waals surface area contributed by atoms with Crippen molar-refractivity contribution in [3.8, 4) is 5.75 Å². The predicted octanol–water partition coefficient (Wildman–Crippen LogP) is 2.13. The van der Waals surface area contributed by atoms with Crippen LogP contribution in [-0.4, -0.2) is 31.6 Å². The molecule has 1 aliphatic rings. The summed E-state index contributed by atoms with van der Waals surface area (Å²) in [4.78, 5) is 12.0. The molecule has 2 rings (SSSR count).